The third-order valence-electron chi connectivity index (χ3n) is 2.94. The van der Waals surface area contributed by atoms with Gasteiger partial charge in [0.15, 0.2) is 0 Å². The zero-order valence-electron chi connectivity index (χ0n) is 10.4. The molecule has 1 rings (SSSR count). The van der Waals surface area contributed by atoms with Crippen molar-refractivity contribution in [2.24, 2.45) is 11.1 Å². The summed E-state index contributed by atoms with van der Waals surface area (Å²) in [6, 6.07) is 0. The quantitative estimate of drug-likeness (QED) is 0.694. The predicted molar refractivity (Wildman–Crippen MR) is 61.4 cm³/mol. The summed E-state index contributed by atoms with van der Waals surface area (Å²) in [5.41, 5.74) is 0. The van der Waals surface area contributed by atoms with E-state index in [1.807, 2.05) is 4.72 Å². The van der Waals surface area contributed by atoms with Crippen molar-refractivity contribution in [2.75, 3.05) is 19.6 Å². The second-order valence-corrected chi connectivity index (χ2v) is 5.96. The summed E-state index contributed by atoms with van der Waals surface area (Å²) in [4.78, 5) is 12.0. The molecule has 1 aliphatic rings. The van der Waals surface area contributed by atoms with Crippen molar-refractivity contribution in [3.8, 4) is 0 Å². The third kappa shape index (κ3) is 4.56. The molecule has 1 saturated heterocycles. The molecule has 0 aliphatic carbocycles. The molecule has 0 bridgehead atoms. The number of nitrogens with zero attached hydrogens (tertiary/aromatic N) is 1. The first-order valence-electron chi connectivity index (χ1n) is 5.76. The number of halogens is 4. The molecule has 6 nitrogen and oxygen atoms in total. The van der Waals surface area contributed by atoms with E-state index in [-0.39, 0.29) is 19.6 Å². The molecule has 118 valence electrons. The summed E-state index contributed by atoms with van der Waals surface area (Å²) in [6.45, 7) is -0.417. The number of hydrogen-bond donors (Lipinski definition) is 2. The molecule has 11 heteroatoms. The standard InChI is InChI=1S/C9H15F4N3O3S/c10-7(11)9(12,13)8(17)16-3-1-2-6(5-16)4-15-20(14,18)19/h6-7,15H,1-5H2,(H2,14,18,19). The monoisotopic (exact) mass is 321 g/mol. The second kappa shape index (κ2) is 6.22. The lowest BCUT2D eigenvalue weighted by molar-refractivity contribution is -0.182. The van der Waals surface area contributed by atoms with Crippen LogP contribution in [0, 0.1) is 5.92 Å². The Balaban J connectivity index is 2.63. The topological polar surface area (TPSA) is 92.5 Å². The first-order valence-corrected chi connectivity index (χ1v) is 7.31. The van der Waals surface area contributed by atoms with Gasteiger partial charge in [-0.3, -0.25) is 4.79 Å². The number of carbonyl (C=O) groups is 1. The summed E-state index contributed by atoms with van der Waals surface area (Å²) in [5, 5.41) is 4.72. The minimum atomic E-state index is -4.73. The Morgan fingerprint density at radius 3 is 2.55 bits per heavy atom. The fraction of sp³-hybridized carbons (Fsp3) is 0.889. The summed E-state index contributed by atoms with van der Waals surface area (Å²) < 4.78 is 73.5. The number of carbonyl (C=O) groups excluding carboxylic acids is 1. The molecule has 1 fully saturated rings. The fourth-order valence-corrected chi connectivity index (χ4v) is 2.42. The second-order valence-electron chi connectivity index (χ2n) is 4.58. The molecule has 1 heterocycles. The Bertz CT molecular complexity index is 457. The summed E-state index contributed by atoms with van der Waals surface area (Å²) >= 11 is 0. The van der Waals surface area contributed by atoms with E-state index >= 15 is 0 Å². The first kappa shape index (κ1) is 17.1. The van der Waals surface area contributed by atoms with Crippen LogP contribution < -0.4 is 9.86 Å². The normalized spacial score (nSPS) is 21.3. The number of likely N-dealkylation sites (tertiary alicyclic amines) is 1. The van der Waals surface area contributed by atoms with Crippen LogP contribution in [0.2, 0.25) is 0 Å². The van der Waals surface area contributed by atoms with Crippen LogP contribution in [-0.4, -0.2) is 51.2 Å². The van der Waals surface area contributed by atoms with Crippen molar-refractivity contribution in [1.82, 2.24) is 9.62 Å². The van der Waals surface area contributed by atoms with Gasteiger partial charge >= 0.3 is 12.3 Å². The van der Waals surface area contributed by atoms with Gasteiger partial charge in [-0.25, -0.2) is 18.6 Å². The van der Waals surface area contributed by atoms with Crippen molar-refractivity contribution in [3.63, 3.8) is 0 Å². The van der Waals surface area contributed by atoms with Gasteiger partial charge < -0.3 is 4.90 Å². The van der Waals surface area contributed by atoms with Crippen LogP contribution in [-0.2, 0) is 15.0 Å². The van der Waals surface area contributed by atoms with Crippen molar-refractivity contribution in [1.29, 1.82) is 0 Å². The average molecular weight is 321 g/mol. The Kier molecular flexibility index (Phi) is 5.33. The summed E-state index contributed by atoms with van der Waals surface area (Å²) in [5.74, 6) is -7.11. The van der Waals surface area contributed by atoms with Gasteiger partial charge in [0.25, 0.3) is 16.1 Å². The van der Waals surface area contributed by atoms with E-state index in [0.717, 1.165) is 0 Å². The van der Waals surface area contributed by atoms with E-state index < -0.39 is 34.4 Å². The van der Waals surface area contributed by atoms with Gasteiger partial charge in [0.1, 0.15) is 0 Å². The lowest BCUT2D eigenvalue weighted by atomic mass is 9.98. The van der Waals surface area contributed by atoms with Crippen LogP contribution in [0.1, 0.15) is 12.8 Å². The Hall–Kier alpha value is -0.940. The van der Waals surface area contributed by atoms with Crippen molar-refractivity contribution < 1.29 is 30.8 Å². The van der Waals surface area contributed by atoms with E-state index in [0.29, 0.717) is 17.7 Å². The number of amides is 1. The minimum absolute atomic E-state index is 0.0625. The van der Waals surface area contributed by atoms with E-state index in [2.05, 4.69) is 0 Å². The molecule has 1 unspecified atom stereocenters. The Morgan fingerprint density at radius 1 is 1.45 bits per heavy atom. The number of alkyl halides is 4. The maximum absolute atomic E-state index is 13.0. The van der Waals surface area contributed by atoms with Crippen LogP contribution in [0.15, 0.2) is 0 Å². The highest BCUT2D eigenvalue weighted by Gasteiger charge is 2.51. The van der Waals surface area contributed by atoms with E-state index in [1.54, 1.807) is 0 Å². The van der Waals surface area contributed by atoms with E-state index in [9.17, 15) is 30.8 Å². The van der Waals surface area contributed by atoms with Gasteiger partial charge in [0, 0.05) is 19.6 Å². The number of hydrogen-bond acceptors (Lipinski definition) is 3. The largest absolute Gasteiger partial charge is 0.383 e. The zero-order chi connectivity index (χ0) is 15.6. The molecule has 20 heavy (non-hydrogen) atoms. The summed E-state index contributed by atoms with van der Waals surface area (Å²) in [7, 11) is -3.92. The Labute approximate surface area is 113 Å². The maximum Gasteiger partial charge on any atom is 0.383 e. The van der Waals surface area contributed by atoms with E-state index in [4.69, 9.17) is 5.14 Å². The van der Waals surface area contributed by atoms with Gasteiger partial charge in [-0.15, -0.1) is 0 Å². The minimum Gasteiger partial charge on any atom is -0.337 e. The first-order chi connectivity index (χ1) is 9.04. The van der Waals surface area contributed by atoms with Gasteiger partial charge in [-0.05, 0) is 18.8 Å². The third-order valence-corrected chi connectivity index (χ3v) is 3.51. The van der Waals surface area contributed by atoms with Gasteiger partial charge in [-0.1, -0.05) is 0 Å². The maximum atomic E-state index is 13.0. The Morgan fingerprint density at radius 2 is 2.05 bits per heavy atom. The van der Waals surface area contributed by atoms with E-state index in [1.165, 1.54) is 0 Å². The SMILES string of the molecule is NS(=O)(=O)NCC1CCCN(C(=O)C(F)(F)C(F)F)C1. The van der Waals surface area contributed by atoms with Crippen LogP contribution in [0.3, 0.4) is 0 Å². The molecule has 1 atom stereocenters. The smallest absolute Gasteiger partial charge is 0.337 e. The highest BCUT2D eigenvalue weighted by Crippen LogP contribution is 2.27. The number of piperidine rings is 1. The molecule has 1 amide bonds. The van der Waals surface area contributed by atoms with Crippen LogP contribution >= 0.6 is 0 Å². The molecular formula is C9H15F4N3O3S. The lowest BCUT2D eigenvalue weighted by Gasteiger charge is -2.34. The summed E-state index contributed by atoms with van der Waals surface area (Å²) in [6.07, 6.45) is -3.27. The molecule has 3 N–H and O–H groups in total. The molecular weight excluding hydrogens is 306 g/mol. The number of nitrogens with one attached hydrogen (secondary N) is 1. The molecule has 1 aliphatic heterocycles. The van der Waals surface area contributed by atoms with Gasteiger partial charge in [-0.2, -0.15) is 17.2 Å². The van der Waals surface area contributed by atoms with Gasteiger partial charge in [0.2, 0.25) is 0 Å². The van der Waals surface area contributed by atoms with Crippen LogP contribution in [0.5, 0.6) is 0 Å². The molecule has 0 saturated carbocycles. The predicted octanol–water partition coefficient (Wildman–Crippen LogP) is -0.0815. The van der Waals surface area contributed by atoms with Crippen molar-refractivity contribution >= 4 is 16.1 Å². The average Bonchev–Trinajstić information content (AvgIpc) is 2.34. The number of rotatable bonds is 5. The van der Waals surface area contributed by atoms with Crippen molar-refractivity contribution in [2.45, 2.75) is 25.2 Å². The molecule has 0 radical (unpaired) electrons. The van der Waals surface area contributed by atoms with Crippen LogP contribution in [0.25, 0.3) is 0 Å². The highest BCUT2D eigenvalue weighted by atomic mass is 32.2. The molecule has 0 spiro atoms. The molecule has 0 aromatic rings. The fourth-order valence-electron chi connectivity index (χ4n) is 1.95. The highest BCUT2D eigenvalue weighted by molar-refractivity contribution is 7.87. The zero-order valence-corrected chi connectivity index (χ0v) is 11.2. The lowest BCUT2D eigenvalue weighted by Crippen LogP contribution is -2.52. The molecule has 0 aromatic heterocycles. The number of nitrogens with two attached hydrogens (primary N) is 1. The molecule has 0 aromatic carbocycles. The van der Waals surface area contributed by atoms with Crippen molar-refractivity contribution in [3.05, 3.63) is 0 Å². The van der Waals surface area contributed by atoms with Gasteiger partial charge in [0.05, 0.1) is 0 Å². The van der Waals surface area contributed by atoms with Crippen LogP contribution in [0.4, 0.5) is 17.6 Å².